The Kier molecular flexibility index (Phi) is 3.55. The highest BCUT2D eigenvalue weighted by molar-refractivity contribution is 5.04. The van der Waals surface area contributed by atoms with Crippen LogP contribution in [0.4, 0.5) is 0 Å². The summed E-state index contributed by atoms with van der Waals surface area (Å²) >= 11 is 0. The quantitative estimate of drug-likeness (QED) is 0.512. The van der Waals surface area contributed by atoms with Crippen molar-refractivity contribution in [3.05, 3.63) is 11.6 Å². The van der Waals surface area contributed by atoms with E-state index >= 15 is 0 Å². The van der Waals surface area contributed by atoms with E-state index < -0.39 is 0 Å². The van der Waals surface area contributed by atoms with Crippen molar-refractivity contribution in [2.75, 3.05) is 14.1 Å². The third-order valence-electron chi connectivity index (χ3n) is 1.89. The van der Waals surface area contributed by atoms with E-state index in [1.54, 1.807) is 0 Å². The average Bonchev–Trinajstić information content (AvgIpc) is 1.84. The van der Waals surface area contributed by atoms with E-state index in [2.05, 4.69) is 45.8 Å². The summed E-state index contributed by atoms with van der Waals surface area (Å²) in [6.07, 6.45) is 2.16. The third kappa shape index (κ3) is 2.66. The summed E-state index contributed by atoms with van der Waals surface area (Å²) in [5.74, 6) is 0. The van der Waals surface area contributed by atoms with Crippen LogP contribution in [0.25, 0.3) is 0 Å². The van der Waals surface area contributed by atoms with Gasteiger partial charge in [-0.1, -0.05) is 11.6 Å². The molecular weight excluding hydrogens is 110 g/mol. The highest BCUT2D eigenvalue weighted by Crippen LogP contribution is 2.04. The second-order valence-corrected chi connectivity index (χ2v) is 2.67. The molecule has 0 fully saturated rings. The second kappa shape index (κ2) is 3.67. The number of rotatable bonds is 2. The Labute approximate surface area is 58.4 Å². The van der Waals surface area contributed by atoms with Crippen molar-refractivity contribution >= 4 is 0 Å². The second-order valence-electron chi connectivity index (χ2n) is 2.67. The predicted octanol–water partition coefficient (Wildman–Crippen LogP) is 1.90. The number of nitrogens with zero attached hydrogens (tertiary/aromatic N) is 1. The molecule has 1 heteroatoms. The van der Waals surface area contributed by atoms with Gasteiger partial charge in [0.05, 0.1) is 0 Å². The lowest BCUT2D eigenvalue weighted by molar-refractivity contribution is 0.350. The van der Waals surface area contributed by atoms with Gasteiger partial charge in [-0.05, 0) is 34.9 Å². The summed E-state index contributed by atoms with van der Waals surface area (Å²) in [4.78, 5) is 2.20. The van der Waals surface area contributed by atoms with E-state index in [9.17, 15) is 0 Å². The molecule has 0 aliphatic rings. The molecule has 0 spiro atoms. The lowest BCUT2D eigenvalue weighted by Crippen LogP contribution is -2.25. The first kappa shape index (κ1) is 8.70. The van der Waals surface area contributed by atoms with E-state index in [-0.39, 0.29) is 0 Å². The topological polar surface area (TPSA) is 3.24 Å². The summed E-state index contributed by atoms with van der Waals surface area (Å²) in [7, 11) is 4.19. The SMILES string of the molecule is CC=C(C)C(C)N(C)C. The van der Waals surface area contributed by atoms with Crippen molar-refractivity contribution in [1.29, 1.82) is 0 Å². The van der Waals surface area contributed by atoms with Crippen LogP contribution < -0.4 is 0 Å². The van der Waals surface area contributed by atoms with E-state index in [0.717, 1.165) is 0 Å². The van der Waals surface area contributed by atoms with Gasteiger partial charge in [0, 0.05) is 6.04 Å². The van der Waals surface area contributed by atoms with E-state index in [1.165, 1.54) is 5.57 Å². The van der Waals surface area contributed by atoms with E-state index in [4.69, 9.17) is 0 Å². The molecule has 54 valence electrons. The van der Waals surface area contributed by atoms with Gasteiger partial charge in [-0.25, -0.2) is 0 Å². The maximum Gasteiger partial charge on any atom is 0.0270 e. The first-order chi connectivity index (χ1) is 4.09. The number of hydrogen-bond acceptors (Lipinski definition) is 1. The van der Waals surface area contributed by atoms with Crippen molar-refractivity contribution in [3.63, 3.8) is 0 Å². The highest BCUT2D eigenvalue weighted by Gasteiger charge is 2.03. The normalized spacial score (nSPS) is 16.4. The molecule has 0 aromatic carbocycles. The summed E-state index contributed by atoms with van der Waals surface area (Å²) in [6, 6.07) is 0.579. The van der Waals surface area contributed by atoms with Crippen LogP contribution in [-0.4, -0.2) is 25.0 Å². The van der Waals surface area contributed by atoms with E-state index in [1.807, 2.05) is 0 Å². The van der Waals surface area contributed by atoms with Crippen LogP contribution in [0.3, 0.4) is 0 Å². The minimum Gasteiger partial charge on any atom is -0.303 e. The Morgan fingerprint density at radius 1 is 1.44 bits per heavy atom. The molecule has 0 aliphatic heterocycles. The first-order valence-electron chi connectivity index (χ1n) is 3.38. The van der Waals surface area contributed by atoms with Gasteiger partial charge in [0.15, 0.2) is 0 Å². The zero-order valence-corrected chi connectivity index (χ0v) is 7.10. The molecule has 0 saturated heterocycles. The van der Waals surface area contributed by atoms with Crippen LogP contribution in [0.1, 0.15) is 20.8 Å². The van der Waals surface area contributed by atoms with Gasteiger partial charge in [-0.2, -0.15) is 0 Å². The van der Waals surface area contributed by atoms with Crippen molar-refractivity contribution in [2.24, 2.45) is 0 Å². The Hall–Kier alpha value is -0.300. The molecule has 0 rings (SSSR count). The van der Waals surface area contributed by atoms with Crippen molar-refractivity contribution in [2.45, 2.75) is 26.8 Å². The lowest BCUT2D eigenvalue weighted by atomic mass is 10.1. The zero-order valence-electron chi connectivity index (χ0n) is 7.10. The smallest absolute Gasteiger partial charge is 0.0270 e. The predicted molar refractivity (Wildman–Crippen MR) is 42.6 cm³/mol. The molecule has 0 radical (unpaired) electrons. The van der Waals surface area contributed by atoms with Crippen LogP contribution in [0.5, 0.6) is 0 Å². The fraction of sp³-hybridized carbons (Fsp3) is 0.750. The number of allylic oxidation sites excluding steroid dienone is 1. The molecule has 0 aromatic heterocycles. The maximum absolute atomic E-state index is 2.20. The minimum atomic E-state index is 0.579. The van der Waals surface area contributed by atoms with Crippen LogP contribution in [0.15, 0.2) is 11.6 Å². The van der Waals surface area contributed by atoms with Gasteiger partial charge >= 0.3 is 0 Å². The molecule has 0 aliphatic carbocycles. The number of hydrogen-bond donors (Lipinski definition) is 0. The van der Waals surface area contributed by atoms with Gasteiger partial charge in [0.1, 0.15) is 0 Å². The van der Waals surface area contributed by atoms with Crippen molar-refractivity contribution in [1.82, 2.24) is 4.90 Å². The zero-order chi connectivity index (χ0) is 7.44. The van der Waals surface area contributed by atoms with E-state index in [0.29, 0.717) is 6.04 Å². The molecular formula is C8H17N. The van der Waals surface area contributed by atoms with Crippen LogP contribution in [0, 0.1) is 0 Å². The molecule has 0 aromatic rings. The Balaban J connectivity index is 3.88. The molecule has 0 saturated carbocycles. The van der Waals surface area contributed by atoms with Gasteiger partial charge in [-0.15, -0.1) is 0 Å². The fourth-order valence-corrected chi connectivity index (χ4v) is 0.648. The Morgan fingerprint density at radius 2 is 1.89 bits per heavy atom. The summed E-state index contributed by atoms with van der Waals surface area (Å²) in [5, 5.41) is 0. The monoisotopic (exact) mass is 127 g/mol. The third-order valence-corrected chi connectivity index (χ3v) is 1.89. The van der Waals surface area contributed by atoms with Gasteiger partial charge in [-0.3, -0.25) is 0 Å². The molecule has 1 nitrogen and oxygen atoms in total. The molecule has 0 heterocycles. The maximum atomic E-state index is 2.20. The largest absolute Gasteiger partial charge is 0.303 e. The first-order valence-corrected chi connectivity index (χ1v) is 3.38. The van der Waals surface area contributed by atoms with Gasteiger partial charge in [0.25, 0.3) is 0 Å². The number of likely N-dealkylation sites (N-methyl/N-ethyl adjacent to an activating group) is 1. The fourth-order valence-electron chi connectivity index (χ4n) is 0.648. The molecule has 1 atom stereocenters. The van der Waals surface area contributed by atoms with Crippen LogP contribution in [0.2, 0.25) is 0 Å². The van der Waals surface area contributed by atoms with Gasteiger partial charge < -0.3 is 4.90 Å². The molecule has 0 amide bonds. The Morgan fingerprint density at radius 3 is 2.00 bits per heavy atom. The highest BCUT2D eigenvalue weighted by atomic mass is 15.1. The minimum absolute atomic E-state index is 0.579. The Bertz CT molecular complexity index is 103. The van der Waals surface area contributed by atoms with Gasteiger partial charge in [0.2, 0.25) is 0 Å². The van der Waals surface area contributed by atoms with Crippen molar-refractivity contribution < 1.29 is 0 Å². The molecule has 0 N–H and O–H groups in total. The molecule has 9 heavy (non-hydrogen) atoms. The molecule has 0 bridgehead atoms. The standard InChI is InChI=1S/C8H17N/c1-6-7(2)8(3)9(4)5/h6,8H,1-5H3. The summed E-state index contributed by atoms with van der Waals surface area (Å²) in [6.45, 7) is 6.44. The summed E-state index contributed by atoms with van der Waals surface area (Å²) in [5.41, 5.74) is 1.43. The molecule has 1 unspecified atom stereocenters. The summed E-state index contributed by atoms with van der Waals surface area (Å²) < 4.78 is 0. The average molecular weight is 127 g/mol. The lowest BCUT2D eigenvalue weighted by Gasteiger charge is -2.19. The van der Waals surface area contributed by atoms with Crippen LogP contribution >= 0.6 is 0 Å². The van der Waals surface area contributed by atoms with Crippen molar-refractivity contribution in [3.8, 4) is 0 Å². The van der Waals surface area contributed by atoms with Crippen LogP contribution in [-0.2, 0) is 0 Å².